The molecule has 0 N–H and O–H groups in total. The third-order valence-electron chi connectivity index (χ3n) is 3.15. The summed E-state index contributed by atoms with van der Waals surface area (Å²) in [5, 5.41) is 0. The van der Waals surface area contributed by atoms with E-state index < -0.39 is 5.60 Å². The Labute approximate surface area is 95.9 Å². The zero-order valence-electron chi connectivity index (χ0n) is 10.2. The Morgan fingerprint density at radius 1 is 1.38 bits per heavy atom. The van der Waals surface area contributed by atoms with Crippen molar-refractivity contribution in [2.24, 2.45) is 0 Å². The minimum absolute atomic E-state index is 0.0925. The van der Waals surface area contributed by atoms with Crippen molar-refractivity contribution in [2.45, 2.75) is 64.1 Å². The Morgan fingerprint density at radius 2 is 2.06 bits per heavy atom. The van der Waals surface area contributed by atoms with Gasteiger partial charge in [0, 0.05) is 24.9 Å². The first-order valence-corrected chi connectivity index (χ1v) is 5.90. The van der Waals surface area contributed by atoms with Crippen LogP contribution in [0, 0.1) is 0 Å². The molecule has 0 radical (unpaired) electrons. The lowest BCUT2D eigenvalue weighted by Gasteiger charge is -2.46. The number of hydrogen-bond donors (Lipinski definition) is 0. The second-order valence-corrected chi connectivity index (χ2v) is 5.71. The van der Waals surface area contributed by atoms with Crippen molar-refractivity contribution in [1.29, 1.82) is 0 Å². The van der Waals surface area contributed by atoms with Gasteiger partial charge in [-0.1, -0.05) is 0 Å². The summed E-state index contributed by atoms with van der Waals surface area (Å²) in [7, 11) is 0. The van der Waals surface area contributed by atoms with Crippen LogP contribution < -0.4 is 0 Å². The number of rotatable bonds is 0. The maximum absolute atomic E-state index is 11.9. The van der Waals surface area contributed by atoms with Crippen LogP contribution in [0.15, 0.2) is 0 Å². The van der Waals surface area contributed by atoms with Gasteiger partial charge in [-0.15, -0.1) is 0 Å². The normalized spacial score (nSPS) is 29.4. The van der Waals surface area contributed by atoms with Crippen LogP contribution in [0.5, 0.6) is 0 Å². The highest BCUT2D eigenvalue weighted by Gasteiger charge is 2.46. The zero-order valence-corrected chi connectivity index (χ0v) is 10.2. The van der Waals surface area contributed by atoms with Gasteiger partial charge in [0.15, 0.2) is 0 Å². The largest absolute Gasteiger partial charge is 0.444 e. The van der Waals surface area contributed by atoms with Gasteiger partial charge in [0.25, 0.3) is 0 Å². The van der Waals surface area contributed by atoms with E-state index in [9.17, 15) is 9.59 Å². The highest BCUT2D eigenvalue weighted by atomic mass is 16.6. The molecule has 2 aliphatic heterocycles. The molecule has 3 aliphatic rings. The smallest absolute Gasteiger partial charge is 0.410 e. The van der Waals surface area contributed by atoms with Crippen LogP contribution in [0.1, 0.15) is 46.5 Å². The van der Waals surface area contributed by atoms with Crippen LogP contribution in [0.4, 0.5) is 4.79 Å². The average Bonchev–Trinajstić information content (AvgIpc) is 2.30. The fourth-order valence-corrected chi connectivity index (χ4v) is 2.45. The van der Waals surface area contributed by atoms with Gasteiger partial charge in [0.05, 0.1) is 0 Å². The van der Waals surface area contributed by atoms with Gasteiger partial charge >= 0.3 is 6.09 Å². The number of carbonyl (C=O) groups excluding carboxylic acids is 2. The molecule has 0 aromatic carbocycles. The molecular weight excluding hydrogens is 206 g/mol. The van der Waals surface area contributed by atoms with Crippen molar-refractivity contribution in [3.63, 3.8) is 0 Å². The summed E-state index contributed by atoms with van der Waals surface area (Å²) in [5.74, 6) is 0.276. The van der Waals surface area contributed by atoms with Gasteiger partial charge in [-0.05, 0) is 33.6 Å². The number of hydrogen-bond acceptors (Lipinski definition) is 3. The van der Waals surface area contributed by atoms with Crippen molar-refractivity contribution >= 4 is 11.9 Å². The van der Waals surface area contributed by atoms with Crippen LogP contribution in [0.3, 0.4) is 0 Å². The average molecular weight is 225 g/mol. The SMILES string of the molecule is CC(C)(C)OC(=O)N1C2CCC(=O)CC1C2. The Kier molecular flexibility index (Phi) is 2.68. The minimum Gasteiger partial charge on any atom is -0.444 e. The van der Waals surface area contributed by atoms with Gasteiger partial charge in [0.2, 0.25) is 0 Å². The van der Waals surface area contributed by atoms with Crippen LogP contribution in [0.2, 0.25) is 0 Å². The van der Waals surface area contributed by atoms with Crippen molar-refractivity contribution in [3.8, 4) is 0 Å². The summed E-state index contributed by atoms with van der Waals surface area (Å²) in [6.45, 7) is 5.58. The van der Waals surface area contributed by atoms with Gasteiger partial charge in [-0.3, -0.25) is 4.79 Å². The molecule has 0 spiro atoms. The lowest BCUT2D eigenvalue weighted by molar-refractivity contribution is -0.119. The van der Waals surface area contributed by atoms with E-state index in [-0.39, 0.29) is 24.0 Å². The first-order chi connectivity index (χ1) is 7.37. The Balaban J connectivity index is 2.01. The fourth-order valence-electron chi connectivity index (χ4n) is 2.45. The van der Waals surface area contributed by atoms with Gasteiger partial charge in [0.1, 0.15) is 11.4 Å². The molecule has 0 aromatic rings. The van der Waals surface area contributed by atoms with Crippen LogP contribution in [-0.2, 0) is 9.53 Å². The topological polar surface area (TPSA) is 46.6 Å². The van der Waals surface area contributed by atoms with Crippen molar-refractivity contribution in [2.75, 3.05) is 0 Å². The van der Waals surface area contributed by atoms with Crippen LogP contribution in [0.25, 0.3) is 0 Å². The highest BCUT2D eigenvalue weighted by Crippen LogP contribution is 2.36. The van der Waals surface area contributed by atoms with Gasteiger partial charge < -0.3 is 9.64 Å². The third-order valence-corrected chi connectivity index (χ3v) is 3.15. The van der Waals surface area contributed by atoms with E-state index in [1.165, 1.54) is 0 Å². The number of amides is 1. The lowest BCUT2D eigenvalue weighted by atomic mass is 9.92. The molecule has 0 aromatic heterocycles. The molecule has 2 unspecified atom stereocenters. The van der Waals surface area contributed by atoms with E-state index in [1.54, 1.807) is 4.90 Å². The third kappa shape index (κ3) is 2.20. The Morgan fingerprint density at radius 3 is 2.69 bits per heavy atom. The first kappa shape index (κ1) is 11.4. The molecule has 2 saturated heterocycles. The van der Waals surface area contributed by atoms with E-state index in [1.807, 2.05) is 20.8 Å². The molecule has 1 amide bonds. The number of ketones is 1. The summed E-state index contributed by atoms with van der Waals surface area (Å²) >= 11 is 0. The number of nitrogens with zero attached hydrogens (tertiary/aromatic N) is 1. The number of fused-ring (bicyclic) bond motifs is 3. The Bertz CT molecular complexity index is 319. The predicted octanol–water partition coefficient (Wildman–Crippen LogP) is 2.12. The summed E-state index contributed by atoms with van der Waals surface area (Å²) in [6.07, 6.45) is 2.62. The molecule has 16 heavy (non-hydrogen) atoms. The summed E-state index contributed by atoms with van der Waals surface area (Å²) in [5.41, 5.74) is -0.458. The van der Waals surface area contributed by atoms with Crippen molar-refractivity contribution in [1.82, 2.24) is 4.90 Å². The zero-order chi connectivity index (χ0) is 11.9. The molecule has 1 saturated carbocycles. The molecular formula is C12H19NO3. The lowest BCUT2D eigenvalue weighted by Crippen LogP contribution is -2.58. The summed E-state index contributed by atoms with van der Waals surface area (Å²) < 4.78 is 5.34. The van der Waals surface area contributed by atoms with E-state index in [2.05, 4.69) is 0 Å². The predicted molar refractivity (Wildman–Crippen MR) is 59.1 cm³/mol. The second kappa shape index (κ2) is 3.75. The summed E-state index contributed by atoms with van der Waals surface area (Å²) in [6, 6.07) is 0.321. The van der Waals surface area contributed by atoms with E-state index in [0.29, 0.717) is 12.8 Å². The fraction of sp³-hybridized carbons (Fsp3) is 0.833. The quantitative estimate of drug-likeness (QED) is 0.634. The maximum atomic E-state index is 11.9. The standard InChI is InChI=1S/C12H19NO3/c1-12(2,3)16-11(15)13-8-4-5-10(14)7-9(13)6-8/h8-9H,4-7H2,1-3H3. The maximum Gasteiger partial charge on any atom is 0.410 e. The van der Waals surface area contributed by atoms with Gasteiger partial charge in [-0.2, -0.15) is 0 Å². The molecule has 3 rings (SSSR count). The van der Waals surface area contributed by atoms with E-state index >= 15 is 0 Å². The molecule has 4 nitrogen and oxygen atoms in total. The van der Waals surface area contributed by atoms with Crippen molar-refractivity contribution in [3.05, 3.63) is 0 Å². The molecule has 2 bridgehead atoms. The highest BCUT2D eigenvalue weighted by molar-refractivity contribution is 5.81. The minimum atomic E-state index is -0.458. The molecule has 3 fully saturated rings. The Hall–Kier alpha value is -1.06. The molecule has 1 aliphatic carbocycles. The monoisotopic (exact) mass is 225 g/mol. The molecule has 4 heteroatoms. The number of carbonyl (C=O) groups is 2. The second-order valence-electron chi connectivity index (χ2n) is 5.71. The van der Waals surface area contributed by atoms with Crippen molar-refractivity contribution < 1.29 is 14.3 Å². The molecule has 90 valence electrons. The summed E-state index contributed by atoms with van der Waals surface area (Å²) in [4.78, 5) is 25.1. The number of ether oxygens (including phenoxy) is 1. The first-order valence-electron chi connectivity index (χ1n) is 5.90. The van der Waals surface area contributed by atoms with E-state index in [4.69, 9.17) is 4.74 Å². The van der Waals surface area contributed by atoms with Gasteiger partial charge in [-0.25, -0.2) is 4.79 Å². The molecule has 2 heterocycles. The van der Waals surface area contributed by atoms with E-state index in [0.717, 1.165) is 12.8 Å². The molecule has 2 atom stereocenters. The van der Waals surface area contributed by atoms with Crippen LogP contribution in [-0.4, -0.2) is 34.5 Å². The number of Topliss-reactive ketones (excluding diaryl/α,β-unsaturated/α-hetero) is 1. The van der Waals surface area contributed by atoms with Crippen LogP contribution >= 0.6 is 0 Å².